The van der Waals surface area contributed by atoms with E-state index in [0.717, 1.165) is 0 Å². The van der Waals surface area contributed by atoms with Crippen molar-refractivity contribution >= 4 is 5.57 Å². The van der Waals surface area contributed by atoms with Gasteiger partial charge in [0.15, 0.2) is 0 Å². The molecule has 3 rings (SSSR count). The summed E-state index contributed by atoms with van der Waals surface area (Å²) < 4.78 is 0. The van der Waals surface area contributed by atoms with Crippen LogP contribution in [0.3, 0.4) is 0 Å². The number of fused-ring (bicyclic) bond motifs is 1. The standard InChI is InChI=1S/C21H24/c1-13(2)17-11-19-9-16(5)10-20(21(19)12-17)18-7-14(3)6-15(4)8-18/h6-13,21H,1-5H3. The van der Waals surface area contributed by atoms with E-state index in [-0.39, 0.29) is 0 Å². The van der Waals surface area contributed by atoms with Crippen LogP contribution in [0.25, 0.3) is 5.57 Å². The molecule has 0 amide bonds. The van der Waals surface area contributed by atoms with Gasteiger partial charge in [-0.15, -0.1) is 0 Å². The van der Waals surface area contributed by atoms with E-state index in [1.165, 1.54) is 39.0 Å². The summed E-state index contributed by atoms with van der Waals surface area (Å²) in [4.78, 5) is 0. The van der Waals surface area contributed by atoms with Gasteiger partial charge in [0, 0.05) is 5.92 Å². The zero-order chi connectivity index (χ0) is 15.1. The first-order valence-corrected chi connectivity index (χ1v) is 7.86. The van der Waals surface area contributed by atoms with E-state index in [1.807, 2.05) is 0 Å². The maximum atomic E-state index is 2.45. The highest BCUT2D eigenvalue weighted by atomic mass is 14.3. The van der Waals surface area contributed by atoms with Crippen molar-refractivity contribution in [3.8, 4) is 0 Å². The number of benzene rings is 1. The lowest BCUT2D eigenvalue weighted by Gasteiger charge is -2.22. The molecular formula is C21H24. The maximum absolute atomic E-state index is 2.45. The Bertz CT molecular complexity index is 685. The van der Waals surface area contributed by atoms with Crippen molar-refractivity contribution in [2.24, 2.45) is 11.8 Å². The molecule has 1 aromatic carbocycles. The molecule has 0 heteroatoms. The molecule has 2 aliphatic carbocycles. The molecule has 0 radical (unpaired) electrons. The second-order valence-corrected chi connectivity index (χ2v) is 6.81. The Hall–Kier alpha value is -1.82. The minimum Gasteiger partial charge on any atom is -0.0691 e. The molecule has 0 N–H and O–H groups in total. The van der Waals surface area contributed by atoms with Gasteiger partial charge in [-0.3, -0.25) is 0 Å². The van der Waals surface area contributed by atoms with Gasteiger partial charge in [0.25, 0.3) is 0 Å². The molecule has 0 heterocycles. The highest BCUT2D eigenvalue weighted by Crippen LogP contribution is 2.42. The third-order valence-corrected chi connectivity index (χ3v) is 4.39. The molecule has 0 fully saturated rings. The molecule has 0 bridgehead atoms. The van der Waals surface area contributed by atoms with Gasteiger partial charge >= 0.3 is 0 Å². The molecule has 1 unspecified atom stereocenters. The van der Waals surface area contributed by atoms with Crippen molar-refractivity contribution in [3.63, 3.8) is 0 Å². The van der Waals surface area contributed by atoms with Gasteiger partial charge in [-0.1, -0.05) is 73.1 Å². The van der Waals surface area contributed by atoms with E-state index in [1.54, 1.807) is 0 Å². The number of allylic oxidation sites excluding steroid dienone is 8. The molecule has 1 aromatic rings. The first-order valence-electron chi connectivity index (χ1n) is 7.86. The highest BCUT2D eigenvalue weighted by Gasteiger charge is 2.26. The summed E-state index contributed by atoms with van der Waals surface area (Å²) in [7, 11) is 0. The third-order valence-electron chi connectivity index (χ3n) is 4.39. The second-order valence-electron chi connectivity index (χ2n) is 6.81. The summed E-state index contributed by atoms with van der Waals surface area (Å²) in [5.41, 5.74) is 9.78. The van der Waals surface area contributed by atoms with Crippen molar-refractivity contribution in [1.29, 1.82) is 0 Å². The smallest absolute Gasteiger partial charge is 0.0281 e. The Morgan fingerprint density at radius 1 is 0.857 bits per heavy atom. The van der Waals surface area contributed by atoms with Crippen LogP contribution in [0.4, 0.5) is 0 Å². The summed E-state index contributed by atoms with van der Waals surface area (Å²) in [6, 6.07) is 6.88. The van der Waals surface area contributed by atoms with E-state index >= 15 is 0 Å². The van der Waals surface area contributed by atoms with Crippen LogP contribution in [0.2, 0.25) is 0 Å². The normalized spacial score (nSPS) is 20.8. The van der Waals surface area contributed by atoms with Crippen molar-refractivity contribution < 1.29 is 0 Å². The molecule has 0 nitrogen and oxygen atoms in total. The lowest BCUT2D eigenvalue weighted by atomic mass is 9.82. The number of hydrogen-bond acceptors (Lipinski definition) is 0. The van der Waals surface area contributed by atoms with Crippen LogP contribution in [-0.2, 0) is 0 Å². The fourth-order valence-corrected chi connectivity index (χ4v) is 3.42. The van der Waals surface area contributed by atoms with Gasteiger partial charge < -0.3 is 0 Å². The van der Waals surface area contributed by atoms with E-state index < -0.39 is 0 Å². The Kier molecular flexibility index (Phi) is 3.49. The quantitative estimate of drug-likeness (QED) is 0.641. The van der Waals surface area contributed by atoms with E-state index in [0.29, 0.717) is 11.8 Å². The van der Waals surface area contributed by atoms with Gasteiger partial charge in [0.1, 0.15) is 0 Å². The first kappa shape index (κ1) is 14.1. The largest absolute Gasteiger partial charge is 0.0691 e. The summed E-state index contributed by atoms with van der Waals surface area (Å²) in [5.74, 6) is 1.03. The highest BCUT2D eigenvalue weighted by molar-refractivity contribution is 5.79. The number of aryl methyl sites for hydroxylation is 2. The lowest BCUT2D eigenvalue weighted by Crippen LogP contribution is -2.06. The predicted molar refractivity (Wildman–Crippen MR) is 92.1 cm³/mol. The molecule has 108 valence electrons. The first-order chi connectivity index (χ1) is 9.94. The van der Waals surface area contributed by atoms with E-state index in [9.17, 15) is 0 Å². The van der Waals surface area contributed by atoms with Crippen molar-refractivity contribution in [2.45, 2.75) is 34.6 Å². The van der Waals surface area contributed by atoms with E-state index in [4.69, 9.17) is 0 Å². The minimum atomic E-state index is 0.437. The number of rotatable bonds is 2. The summed E-state index contributed by atoms with van der Waals surface area (Å²) in [6.07, 6.45) is 9.53. The van der Waals surface area contributed by atoms with Crippen LogP contribution >= 0.6 is 0 Å². The summed E-state index contributed by atoms with van der Waals surface area (Å²) >= 11 is 0. The van der Waals surface area contributed by atoms with Crippen molar-refractivity contribution in [1.82, 2.24) is 0 Å². The zero-order valence-electron chi connectivity index (χ0n) is 13.7. The SMILES string of the molecule is CC1=CC2=CC(C(C)C)=CC2C(c2cc(C)cc(C)c2)=C1. The Labute approximate surface area is 128 Å². The van der Waals surface area contributed by atoms with Crippen LogP contribution in [0.1, 0.15) is 37.5 Å². The molecule has 0 saturated carbocycles. The third kappa shape index (κ3) is 2.68. The summed E-state index contributed by atoms with van der Waals surface area (Å²) in [6.45, 7) is 11.1. The van der Waals surface area contributed by atoms with E-state index in [2.05, 4.69) is 77.1 Å². The van der Waals surface area contributed by atoms with Crippen LogP contribution in [0.5, 0.6) is 0 Å². The monoisotopic (exact) mass is 276 g/mol. The fraction of sp³-hybridized carbons (Fsp3) is 0.333. The average Bonchev–Trinajstić information content (AvgIpc) is 2.80. The van der Waals surface area contributed by atoms with Crippen LogP contribution in [0.15, 0.2) is 59.2 Å². The second kappa shape index (κ2) is 5.18. The van der Waals surface area contributed by atoms with Gasteiger partial charge in [0.05, 0.1) is 0 Å². The number of hydrogen-bond donors (Lipinski definition) is 0. The topological polar surface area (TPSA) is 0 Å². The summed E-state index contributed by atoms with van der Waals surface area (Å²) in [5, 5.41) is 0. The zero-order valence-corrected chi connectivity index (χ0v) is 13.7. The lowest BCUT2D eigenvalue weighted by molar-refractivity contribution is 0.790. The molecular weight excluding hydrogens is 252 g/mol. The maximum Gasteiger partial charge on any atom is 0.0281 e. The molecule has 2 aliphatic rings. The van der Waals surface area contributed by atoms with Gasteiger partial charge in [0.2, 0.25) is 0 Å². The van der Waals surface area contributed by atoms with Gasteiger partial charge in [-0.05, 0) is 49.0 Å². The molecule has 0 spiro atoms. The molecule has 0 aliphatic heterocycles. The van der Waals surface area contributed by atoms with Gasteiger partial charge in [-0.25, -0.2) is 0 Å². The Morgan fingerprint density at radius 2 is 1.52 bits per heavy atom. The Morgan fingerprint density at radius 3 is 2.14 bits per heavy atom. The van der Waals surface area contributed by atoms with Crippen molar-refractivity contribution in [3.05, 3.63) is 75.9 Å². The Balaban J connectivity index is 2.10. The molecule has 0 saturated heterocycles. The van der Waals surface area contributed by atoms with Crippen LogP contribution < -0.4 is 0 Å². The van der Waals surface area contributed by atoms with Gasteiger partial charge in [-0.2, -0.15) is 0 Å². The molecule has 1 atom stereocenters. The van der Waals surface area contributed by atoms with Crippen molar-refractivity contribution in [2.75, 3.05) is 0 Å². The van der Waals surface area contributed by atoms with Crippen LogP contribution in [-0.4, -0.2) is 0 Å². The molecule has 0 aromatic heterocycles. The molecule has 21 heavy (non-hydrogen) atoms. The predicted octanol–water partition coefficient (Wildman–Crippen LogP) is 5.79. The fourth-order valence-electron chi connectivity index (χ4n) is 3.42. The van der Waals surface area contributed by atoms with Crippen LogP contribution in [0, 0.1) is 25.7 Å². The minimum absolute atomic E-state index is 0.437. The average molecular weight is 276 g/mol.